The number of hydrogen-bond donors (Lipinski definition) is 1. The first kappa shape index (κ1) is 22.9. The molecule has 2 aromatic rings. The molecule has 1 aliphatic rings. The van der Waals surface area contributed by atoms with E-state index in [1.807, 2.05) is 18.2 Å². The molecule has 1 heterocycles. The fourth-order valence-corrected chi connectivity index (χ4v) is 3.05. The number of hydrogen-bond acceptors (Lipinski definition) is 4. The second-order valence-corrected chi connectivity index (χ2v) is 7.19. The summed E-state index contributed by atoms with van der Waals surface area (Å²) < 4.78 is 38.7. The number of rotatable bonds is 8. The van der Waals surface area contributed by atoms with Crippen molar-refractivity contribution in [1.29, 1.82) is 0 Å². The molecule has 0 spiro atoms. The number of halogens is 2. The van der Waals surface area contributed by atoms with Gasteiger partial charge in [0.25, 0.3) is 0 Å². The number of nitrogens with one attached hydrogen (secondary N) is 1. The summed E-state index contributed by atoms with van der Waals surface area (Å²) in [5.41, 5.74) is 3.23. The first-order valence-electron chi connectivity index (χ1n) is 10.1. The summed E-state index contributed by atoms with van der Waals surface area (Å²) in [5, 5.41) is 2.56. The maximum atomic E-state index is 14.6. The summed E-state index contributed by atoms with van der Waals surface area (Å²) >= 11 is 0. The topological polar surface area (TPSA) is 64.4 Å². The highest BCUT2D eigenvalue weighted by Gasteiger charge is 2.22. The summed E-state index contributed by atoms with van der Waals surface area (Å²) in [4.78, 5) is 16.6. The van der Waals surface area contributed by atoms with Crippen LogP contribution in [0.5, 0.6) is 0 Å². The second kappa shape index (κ2) is 10.0. The normalized spacial score (nSPS) is 16.6. The number of aryl methyl sites for hydroxylation is 1. The van der Waals surface area contributed by atoms with Crippen molar-refractivity contribution in [3.05, 3.63) is 96.2 Å². The maximum absolute atomic E-state index is 14.6. The van der Waals surface area contributed by atoms with Gasteiger partial charge in [-0.3, -0.25) is 4.79 Å². The number of carbonyl (C=O) groups is 1. The molecular formula is C25H26F2N2O3. The zero-order chi connectivity index (χ0) is 23.3. The van der Waals surface area contributed by atoms with Crippen LogP contribution in [-0.2, 0) is 16.0 Å². The van der Waals surface area contributed by atoms with Gasteiger partial charge in [-0.05, 0) is 48.3 Å². The second-order valence-electron chi connectivity index (χ2n) is 7.19. The molecular weight excluding hydrogens is 414 g/mol. The molecule has 1 amide bonds. The van der Waals surface area contributed by atoms with E-state index in [1.165, 1.54) is 19.3 Å². The summed E-state index contributed by atoms with van der Waals surface area (Å²) in [7, 11) is 1.29. The van der Waals surface area contributed by atoms with Gasteiger partial charge in [0, 0.05) is 13.1 Å². The highest BCUT2D eigenvalue weighted by molar-refractivity contribution is 5.89. The Morgan fingerprint density at radius 3 is 2.88 bits per heavy atom. The molecule has 0 bridgehead atoms. The van der Waals surface area contributed by atoms with Gasteiger partial charge in [0.2, 0.25) is 11.8 Å². The van der Waals surface area contributed by atoms with Crippen LogP contribution >= 0.6 is 0 Å². The summed E-state index contributed by atoms with van der Waals surface area (Å²) in [5.74, 6) is -1.57. The van der Waals surface area contributed by atoms with Crippen molar-refractivity contribution in [2.24, 2.45) is 0 Å². The Labute approximate surface area is 186 Å². The van der Waals surface area contributed by atoms with Crippen molar-refractivity contribution in [2.75, 3.05) is 7.11 Å². The van der Waals surface area contributed by atoms with Crippen molar-refractivity contribution < 1.29 is 24.2 Å². The van der Waals surface area contributed by atoms with Crippen LogP contribution in [0.25, 0.3) is 16.7 Å². The van der Waals surface area contributed by atoms with Gasteiger partial charge in [0.15, 0.2) is 11.4 Å². The summed E-state index contributed by atoms with van der Waals surface area (Å²) in [6.07, 6.45) is 7.72. The number of nitrogens with zero attached hydrogens (tertiary/aromatic N) is 1. The van der Waals surface area contributed by atoms with E-state index in [1.54, 1.807) is 6.08 Å². The van der Waals surface area contributed by atoms with Crippen LogP contribution < -0.4 is 5.32 Å². The lowest BCUT2D eigenvalue weighted by atomic mass is 10.0. The SMILES string of the molecule is C=C(/C=C/C(=O)NC1CC=C(c2nc3cc(CC)ccc3o2)C=C1F)/C=C(/F)C(=C)OC.[HH]. The number of aromatic nitrogens is 1. The standard InChI is InChI=1S/C25H24F2N2O3.H2/c1-5-17-7-10-23-22(13-17)29-25(32-23)18-8-9-21(20(27)14-18)28-24(30)11-6-15(2)12-19(26)16(3)31-4;/h6-8,10-14,21H,2-3,5,9H2,1,4H3,(H,28,30);1H/b11-6+,19-12+;. The first-order valence-corrected chi connectivity index (χ1v) is 10.1. The lowest BCUT2D eigenvalue weighted by molar-refractivity contribution is -0.117. The number of oxazole rings is 1. The summed E-state index contributed by atoms with van der Waals surface area (Å²) in [6.45, 7) is 9.06. The highest BCUT2D eigenvalue weighted by Crippen LogP contribution is 2.29. The van der Waals surface area contributed by atoms with E-state index in [4.69, 9.17) is 4.42 Å². The van der Waals surface area contributed by atoms with Gasteiger partial charge in [-0.2, -0.15) is 0 Å². The molecule has 0 aliphatic heterocycles. The van der Waals surface area contributed by atoms with Gasteiger partial charge in [-0.25, -0.2) is 13.8 Å². The minimum Gasteiger partial charge on any atom is -0.494 e. The zero-order valence-corrected chi connectivity index (χ0v) is 18.0. The molecule has 1 aromatic heterocycles. The van der Waals surface area contributed by atoms with Gasteiger partial charge in [-0.1, -0.05) is 38.3 Å². The van der Waals surface area contributed by atoms with E-state index in [9.17, 15) is 13.6 Å². The molecule has 1 N–H and O–H groups in total. The monoisotopic (exact) mass is 440 g/mol. The number of allylic oxidation sites excluding steroid dienone is 6. The molecule has 168 valence electrons. The molecule has 1 aliphatic carbocycles. The average Bonchev–Trinajstić information content (AvgIpc) is 3.21. The molecule has 1 unspecified atom stereocenters. The third-order valence-electron chi connectivity index (χ3n) is 4.90. The fourth-order valence-electron chi connectivity index (χ4n) is 3.05. The molecule has 0 saturated heterocycles. The van der Waals surface area contributed by atoms with Crippen molar-refractivity contribution in [1.82, 2.24) is 10.3 Å². The number of fused-ring (bicyclic) bond motifs is 1. The Balaban J connectivity index is 0.00000385. The Morgan fingerprint density at radius 2 is 2.19 bits per heavy atom. The first-order chi connectivity index (χ1) is 15.3. The van der Waals surface area contributed by atoms with E-state index in [0.717, 1.165) is 29.7 Å². The van der Waals surface area contributed by atoms with E-state index in [0.29, 0.717) is 17.0 Å². The van der Waals surface area contributed by atoms with Crippen LogP contribution in [0, 0.1) is 0 Å². The Morgan fingerprint density at radius 1 is 1.41 bits per heavy atom. The fraction of sp³-hybridized carbons (Fsp3) is 0.200. The molecule has 32 heavy (non-hydrogen) atoms. The highest BCUT2D eigenvalue weighted by atomic mass is 19.1. The van der Waals surface area contributed by atoms with E-state index in [-0.39, 0.29) is 19.2 Å². The molecule has 1 aromatic carbocycles. The summed E-state index contributed by atoms with van der Waals surface area (Å²) in [6, 6.07) is 4.94. The predicted molar refractivity (Wildman–Crippen MR) is 123 cm³/mol. The molecule has 0 saturated carbocycles. The average molecular weight is 440 g/mol. The molecule has 7 heteroatoms. The van der Waals surface area contributed by atoms with Crippen LogP contribution in [0.4, 0.5) is 8.78 Å². The molecule has 0 fully saturated rings. The predicted octanol–water partition coefficient (Wildman–Crippen LogP) is 5.89. The Bertz CT molecular complexity index is 1190. The van der Waals surface area contributed by atoms with Gasteiger partial charge >= 0.3 is 0 Å². The largest absolute Gasteiger partial charge is 0.494 e. The third kappa shape index (κ3) is 5.49. The lowest BCUT2D eigenvalue weighted by Crippen LogP contribution is -2.34. The van der Waals surface area contributed by atoms with Gasteiger partial charge in [-0.15, -0.1) is 0 Å². The zero-order valence-electron chi connectivity index (χ0n) is 18.0. The minimum atomic E-state index is -0.819. The van der Waals surface area contributed by atoms with Crippen LogP contribution in [0.15, 0.2) is 89.1 Å². The van der Waals surface area contributed by atoms with Crippen molar-refractivity contribution in [3.8, 4) is 0 Å². The van der Waals surface area contributed by atoms with Crippen molar-refractivity contribution in [2.45, 2.75) is 25.8 Å². The lowest BCUT2D eigenvalue weighted by Gasteiger charge is -2.18. The van der Waals surface area contributed by atoms with Crippen molar-refractivity contribution in [3.63, 3.8) is 0 Å². The molecule has 3 rings (SSSR count). The van der Waals surface area contributed by atoms with E-state index in [2.05, 4.69) is 35.1 Å². The molecule has 0 radical (unpaired) electrons. The smallest absolute Gasteiger partial charge is 0.244 e. The van der Waals surface area contributed by atoms with E-state index >= 15 is 0 Å². The minimum absolute atomic E-state index is 0. The van der Waals surface area contributed by atoms with Crippen LogP contribution in [-0.4, -0.2) is 24.0 Å². The number of amides is 1. The van der Waals surface area contributed by atoms with Crippen molar-refractivity contribution >= 4 is 22.6 Å². The third-order valence-corrected chi connectivity index (χ3v) is 4.90. The number of benzene rings is 1. The van der Waals surface area contributed by atoms with Gasteiger partial charge < -0.3 is 14.5 Å². The molecule has 1 atom stereocenters. The maximum Gasteiger partial charge on any atom is 0.244 e. The van der Waals surface area contributed by atoms with Crippen LogP contribution in [0.3, 0.4) is 0 Å². The van der Waals surface area contributed by atoms with Gasteiger partial charge in [0.05, 0.1) is 13.2 Å². The number of methoxy groups -OCH3 is 1. The number of carbonyl (C=O) groups excluding carboxylic acids is 1. The van der Waals surface area contributed by atoms with Crippen LogP contribution in [0.1, 0.15) is 26.2 Å². The quantitative estimate of drug-likeness (QED) is 0.316. The van der Waals surface area contributed by atoms with Crippen LogP contribution in [0.2, 0.25) is 0 Å². The van der Waals surface area contributed by atoms with Gasteiger partial charge in [0.1, 0.15) is 17.1 Å². The molecule has 5 nitrogen and oxygen atoms in total. The Kier molecular flexibility index (Phi) is 7.20. The van der Waals surface area contributed by atoms with E-state index < -0.39 is 23.6 Å². The number of ether oxygens (including phenoxy) is 1. The Hall–Kier alpha value is -3.74.